The number of benzene rings is 2. The number of aliphatic carboxylic acids is 1. The molecule has 4 rings (SSSR count). The molecule has 2 heterocycles. The zero-order valence-electron chi connectivity index (χ0n) is 18.4. The lowest BCUT2D eigenvalue weighted by Crippen LogP contribution is -2.30. The number of amides is 1. The Morgan fingerprint density at radius 3 is 2.21 bits per heavy atom. The smallest absolute Gasteiger partial charge is 0.322 e. The fourth-order valence-corrected chi connectivity index (χ4v) is 3.45. The van der Waals surface area contributed by atoms with E-state index < -0.39 is 18.4 Å². The summed E-state index contributed by atoms with van der Waals surface area (Å²) in [6.07, 6.45) is 2.01. The minimum atomic E-state index is -1.19. The van der Waals surface area contributed by atoms with Crippen molar-refractivity contribution in [3.8, 4) is 28.1 Å². The summed E-state index contributed by atoms with van der Waals surface area (Å²) >= 11 is 0. The molecule has 0 fully saturated rings. The van der Waals surface area contributed by atoms with Gasteiger partial charge in [-0.15, -0.1) is 0 Å². The summed E-state index contributed by atoms with van der Waals surface area (Å²) in [7, 11) is 0. The Morgan fingerprint density at radius 1 is 0.882 bits per heavy atom. The van der Waals surface area contributed by atoms with Crippen molar-refractivity contribution in [1.82, 2.24) is 20.3 Å². The number of aryl methyl sites for hydroxylation is 1. The fourth-order valence-electron chi connectivity index (χ4n) is 3.45. The first-order chi connectivity index (χ1) is 16.4. The third-order valence-corrected chi connectivity index (χ3v) is 5.19. The second kappa shape index (κ2) is 9.91. The minimum absolute atomic E-state index is 0.230. The minimum Gasteiger partial charge on any atom is -0.504 e. The summed E-state index contributed by atoms with van der Waals surface area (Å²) < 4.78 is 0. The average molecular weight is 454 g/mol. The number of nitrogens with one attached hydrogen (secondary N) is 1. The van der Waals surface area contributed by atoms with Gasteiger partial charge in [0.25, 0.3) is 5.91 Å². The number of carboxylic acid groups (broad SMARTS) is 1. The van der Waals surface area contributed by atoms with Crippen molar-refractivity contribution in [3.05, 3.63) is 95.7 Å². The predicted octanol–water partition coefficient (Wildman–Crippen LogP) is 3.62. The van der Waals surface area contributed by atoms with Gasteiger partial charge < -0.3 is 15.5 Å². The second-order valence-corrected chi connectivity index (χ2v) is 7.67. The first kappa shape index (κ1) is 22.6. The third-order valence-electron chi connectivity index (χ3n) is 5.19. The average Bonchev–Trinajstić information content (AvgIpc) is 2.86. The highest BCUT2D eigenvalue weighted by molar-refractivity contribution is 5.96. The van der Waals surface area contributed by atoms with E-state index in [0.717, 1.165) is 27.9 Å². The van der Waals surface area contributed by atoms with E-state index in [4.69, 9.17) is 5.11 Å². The highest BCUT2D eigenvalue weighted by atomic mass is 16.4. The van der Waals surface area contributed by atoms with Crippen LogP contribution in [0.25, 0.3) is 22.4 Å². The van der Waals surface area contributed by atoms with Crippen molar-refractivity contribution >= 4 is 11.9 Å². The van der Waals surface area contributed by atoms with E-state index in [0.29, 0.717) is 12.2 Å². The van der Waals surface area contributed by atoms with Gasteiger partial charge >= 0.3 is 5.97 Å². The molecule has 8 nitrogen and oxygen atoms in total. The summed E-state index contributed by atoms with van der Waals surface area (Å²) in [5, 5.41) is 21.1. The molecule has 0 aliphatic carbocycles. The quantitative estimate of drug-likeness (QED) is 0.389. The van der Waals surface area contributed by atoms with Gasteiger partial charge in [0.1, 0.15) is 12.4 Å². The number of hydrogen-bond acceptors (Lipinski definition) is 6. The van der Waals surface area contributed by atoms with Gasteiger partial charge in [-0.3, -0.25) is 14.6 Å². The topological polar surface area (TPSA) is 125 Å². The number of carboxylic acids is 1. The standard InChI is InChI=1S/C26H22N4O4/c1-16-25(33)24(26(34)28-15-23(31)32)30-22(29-16)13-17-7-12-21(27-14-17)20-10-8-19(9-11-20)18-5-3-2-4-6-18/h2-12,14,33H,13,15H2,1H3,(H,28,34)(H,31,32). The highest BCUT2D eigenvalue weighted by Gasteiger charge is 2.18. The molecule has 0 saturated heterocycles. The summed E-state index contributed by atoms with van der Waals surface area (Å²) in [4.78, 5) is 35.8. The molecule has 0 unspecified atom stereocenters. The van der Waals surface area contributed by atoms with Gasteiger partial charge in [0.15, 0.2) is 11.4 Å². The zero-order chi connectivity index (χ0) is 24.1. The molecule has 0 spiro atoms. The molecule has 0 aliphatic heterocycles. The maximum Gasteiger partial charge on any atom is 0.322 e. The van der Waals surface area contributed by atoms with E-state index in [9.17, 15) is 14.7 Å². The number of nitrogens with zero attached hydrogens (tertiary/aromatic N) is 3. The summed E-state index contributed by atoms with van der Waals surface area (Å²) in [6, 6.07) is 22.1. The first-order valence-corrected chi connectivity index (χ1v) is 10.6. The maximum absolute atomic E-state index is 12.2. The Bertz CT molecular complexity index is 1320. The van der Waals surface area contributed by atoms with Crippen molar-refractivity contribution < 1.29 is 19.8 Å². The summed E-state index contributed by atoms with van der Waals surface area (Å²) in [5.74, 6) is -2.03. The summed E-state index contributed by atoms with van der Waals surface area (Å²) in [6.45, 7) is 0.976. The molecule has 3 N–H and O–H groups in total. The van der Waals surface area contributed by atoms with Crippen LogP contribution < -0.4 is 5.32 Å². The van der Waals surface area contributed by atoms with E-state index in [1.54, 1.807) is 13.1 Å². The van der Waals surface area contributed by atoms with Crippen molar-refractivity contribution in [2.75, 3.05) is 6.54 Å². The van der Waals surface area contributed by atoms with Crippen LogP contribution in [-0.4, -0.2) is 43.6 Å². The van der Waals surface area contributed by atoms with Crippen LogP contribution in [0, 0.1) is 6.92 Å². The Hall–Kier alpha value is -4.59. The summed E-state index contributed by atoms with van der Waals surface area (Å²) in [5.41, 5.74) is 4.88. The Kier molecular flexibility index (Phi) is 6.59. The van der Waals surface area contributed by atoms with Crippen molar-refractivity contribution in [2.45, 2.75) is 13.3 Å². The fraction of sp³-hybridized carbons (Fsp3) is 0.115. The lowest BCUT2D eigenvalue weighted by atomic mass is 10.0. The van der Waals surface area contributed by atoms with Crippen molar-refractivity contribution in [1.29, 1.82) is 0 Å². The SMILES string of the molecule is Cc1nc(Cc2ccc(-c3ccc(-c4ccccc4)cc3)nc2)nc(C(=O)NCC(=O)O)c1O. The number of rotatable bonds is 7. The van der Waals surface area contributed by atoms with Gasteiger partial charge in [-0.2, -0.15) is 0 Å². The van der Waals surface area contributed by atoms with Crippen LogP contribution in [0.4, 0.5) is 0 Å². The molecule has 4 aromatic rings. The Labute approximate surface area is 196 Å². The second-order valence-electron chi connectivity index (χ2n) is 7.67. The van der Waals surface area contributed by atoms with Crippen LogP contribution in [0.5, 0.6) is 5.75 Å². The van der Waals surface area contributed by atoms with Crippen LogP contribution in [0.15, 0.2) is 72.9 Å². The molecule has 2 aromatic carbocycles. The van der Waals surface area contributed by atoms with Gasteiger partial charge in [-0.05, 0) is 29.7 Å². The lowest BCUT2D eigenvalue weighted by molar-refractivity contribution is -0.135. The van der Waals surface area contributed by atoms with E-state index in [1.807, 2.05) is 42.5 Å². The molecule has 8 heteroatoms. The van der Waals surface area contributed by atoms with Gasteiger partial charge in [0.2, 0.25) is 0 Å². The first-order valence-electron chi connectivity index (χ1n) is 10.6. The molecule has 1 amide bonds. The van der Waals surface area contributed by atoms with Gasteiger partial charge in [-0.25, -0.2) is 9.97 Å². The number of aromatic nitrogens is 3. The molecular formula is C26H22N4O4. The number of carbonyl (C=O) groups is 2. The van der Waals surface area contributed by atoms with Crippen LogP contribution in [0.1, 0.15) is 27.6 Å². The van der Waals surface area contributed by atoms with E-state index in [1.165, 1.54) is 0 Å². The van der Waals surface area contributed by atoms with Crippen molar-refractivity contribution in [2.24, 2.45) is 0 Å². The van der Waals surface area contributed by atoms with Crippen LogP contribution >= 0.6 is 0 Å². The Morgan fingerprint density at radius 2 is 1.56 bits per heavy atom. The molecule has 34 heavy (non-hydrogen) atoms. The third kappa shape index (κ3) is 5.24. The Balaban J connectivity index is 1.49. The van der Waals surface area contributed by atoms with Crippen LogP contribution in [0.2, 0.25) is 0 Å². The molecule has 170 valence electrons. The van der Waals surface area contributed by atoms with Crippen LogP contribution in [0.3, 0.4) is 0 Å². The zero-order valence-corrected chi connectivity index (χ0v) is 18.4. The van der Waals surface area contributed by atoms with E-state index in [2.05, 4.69) is 44.5 Å². The lowest BCUT2D eigenvalue weighted by Gasteiger charge is -2.09. The van der Waals surface area contributed by atoms with Gasteiger partial charge in [0, 0.05) is 18.2 Å². The number of aromatic hydroxyl groups is 1. The van der Waals surface area contributed by atoms with Gasteiger partial charge in [-0.1, -0.05) is 60.7 Å². The highest BCUT2D eigenvalue weighted by Crippen LogP contribution is 2.24. The molecule has 0 atom stereocenters. The van der Waals surface area contributed by atoms with Crippen molar-refractivity contribution in [3.63, 3.8) is 0 Å². The van der Waals surface area contributed by atoms with Crippen LogP contribution in [-0.2, 0) is 11.2 Å². The molecule has 2 aromatic heterocycles. The molecular weight excluding hydrogens is 432 g/mol. The predicted molar refractivity (Wildman–Crippen MR) is 126 cm³/mol. The molecule has 0 radical (unpaired) electrons. The van der Waals surface area contributed by atoms with Gasteiger partial charge in [0.05, 0.1) is 11.4 Å². The monoisotopic (exact) mass is 454 g/mol. The maximum atomic E-state index is 12.2. The van der Waals surface area contributed by atoms with E-state index in [-0.39, 0.29) is 17.1 Å². The number of carbonyl (C=O) groups excluding carboxylic acids is 1. The molecule has 0 aliphatic rings. The normalized spacial score (nSPS) is 10.6. The molecule has 0 bridgehead atoms. The largest absolute Gasteiger partial charge is 0.504 e. The molecule has 0 saturated carbocycles. The van der Waals surface area contributed by atoms with E-state index >= 15 is 0 Å². The number of hydrogen-bond donors (Lipinski definition) is 3. The number of pyridine rings is 1.